The van der Waals surface area contributed by atoms with Crippen LogP contribution in [0, 0.1) is 6.92 Å². The SMILES string of the molecule is Cc1nc(Cl)cc(N(CC(F)(F)F)C(C)C)n1. The number of hydrogen-bond donors (Lipinski definition) is 0. The Morgan fingerprint density at radius 2 is 1.94 bits per heavy atom. The zero-order chi connectivity index (χ0) is 13.2. The molecule has 17 heavy (non-hydrogen) atoms. The van der Waals surface area contributed by atoms with Gasteiger partial charge in [0.05, 0.1) is 0 Å². The van der Waals surface area contributed by atoms with E-state index in [9.17, 15) is 13.2 Å². The summed E-state index contributed by atoms with van der Waals surface area (Å²) in [4.78, 5) is 8.93. The molecule has 0 N–H and O–H groups in total. The lowest BCUT2D eigenvalue weighted by Crippen LogP contribution is -2.39. The highest BCUT2D eigenvalue weighted by atomic mass is 35.5. The molecule has 7 heteroatoms. The van der Waals surface area contributed by atoms with E-state index in [1.165, 1.54) is 6.07 Å². The Hall–Kier alpha value is -1.04. The van der Waals surface area contributed by atoms with E-state index in [-0.39, 0.29) is 17.0 Å². The molecule has 0 aliphatic carbocycles. The number of halogens is 4. The van der Waals surface area contributed by atoms with Crippen molar-refractivity contribution < 1.29 is 13.2 Å². The van der Waals surface area contributed by atoms with E-state index in [4.69, 9.17) is 11.6 Å². The molecule has 1 aromatic heterocycles. The van der Waals surface area contributed by atoms with Crippen molar-refractivity contribution in [3.8, 4) is 0 Å². The van der Waals surface area contributed by atoms with Crippen LogP contribution in [0.25, 0.3) is 0 Å². The second-order valence-corrected chi connectivity index (χ2v) is 4.32. The van der Waals surface area contributed by atoms with E-state index in [0.29, 0.717) is 5.82 Å². The van der Waals surface area contributed by atoms with Gasteiger partial charge in [0.2, 0.25) is 0 Å². The third-order valence-electron chi connectivity index (χ3n) is 2.06. The molecule has 0 spiro atoms. The van der Waals surface area contributed by atoms with Crippen LogP contribution in [0.1, 0.15) is 19.7 Å². The van der Waals surface area contributed by atoms with Crippen molar-refractivity contribution in [3.05, 3.63) is 17.0 Å². The van der Waals surface area contributed by atoms with Crippen molar-refractivity contribution in [2.24, 2.45) is 0 Å². The molecule has 3 nitrogen and oxygen atoms in total. The zero-order valence-electron chi connectivity index (χ0n) is 9.72. The second-order valence-electron chi connectivity index (χ2n) is 3.93. The molecule has 1 heterocycles. The summed E-state index contributed by atoms with van der Waals surface area (Å²) in [6.07, 6.45) is -4.28. The van der Waals surface area contributed by atoms with Crippen LogP contribution in [0.15, 0.2) is 6.07 Å². The van der Waals surface area contributed by atoms with Gasteiger partial charge in [0, 0.05) is 12.1 Å². The maximum Gasteiger partial charge on any atom is 0.405 e. The fraction of sp³-hybridized carbons (Fsp3) is 0.600. The molecule has 0 saturated heterocycles. The first kappa shape index (κ1) is 14.0. The van der Waals surface area contributed by atoms with Crippen molar-refractivity contribution in [3.63, 3.8) is 0 Å². The highest BCUT2D eigenvalue weighted by molar-refractivity contribution is 6.29. The fourth-order valence-corrected chi connectivity index (χ4v) is 1.60. The molecule has 0 radical (unpaired) electrons. The molecule has 0 aliphatic rings. The van der Waals surface area contributed by atoms with E-state index in [0.717, 1.165) is 4.90 Å². The summed E-state index contributed by atoms with van der Waals surface area (Å²) in [6.45, 7) is 3.85. The predicted molar refractivity (Wildman–Crippen MR) is 60.3 cm³/mol. The molecule has 96 valence electrons. The Balaban J connectivity index is 3.05. The van der Waals surface area contributed by atoms with Crippen LogP contribution in [0.3, 0.4) is 0 Å². The minimum Gasteiger partial charge on any atom is -0.345 e. The molecule has 0 fully saturated rings. The van der Waals surface area contributed by atoms with Gasteiger partial charge in [0.1, 0.15) is 23.3 Å². The largest absolute Gasteiger partial charge is 0.405 e. The molecular formula is C10H13ClF3N3. The van der Waals surface area contributed by atoms with Gasteiger partial charge in [0.25, 0.3) is 0 Å². The van der Waals surface area contributed by atoms with Gasteiger partial charge >= 0.3 is 6.18 Å². The van der Waals surface area contributed by atoms with Gasteiger partial charge in [-0.3, -0.25) is 0 Å². The minimum absolute atomic E-state index is 0.139. The number of rotatable bonds is 3. The lowest BCUT2D eigenvalue weighted by atomic mass is 10.3. The summed E-state index contributed by atoms with van der Waals surface area (Å²) in [7, 11) is 0. The molecule has 0 aliphatic heterocycles. The van der Waals surface area contributed by atoms with Gasteiger partial charge in [-0.15, -0.1) is 0 Å². The molecule has 0 aromatic carbocycles. The Kier molecular flexibility index (Phi) is 4.19. The third kappa shape index (κ3) is 4.38. The number of aromatic nitrogens is 2. The molecule has 1 aromatic rings. The monoisotopic (exact) mass is 267 g/mol. The quantitative estimate of drug-likeness (QED) is 0.788. The maximum absolute atomic E-state index is 12.4. The van der Waals surface area contributed by atoms with Gasteiger partial charge in [-0.2, -0.15) is 13.2 Å². The van der Waals surface area contributed by atoms with Crippen LogP contribution in [-0.4, -0.2) is 28.7 Å². The number of anilines is 1. The van der Waals surface area contributed by atoms with Crippen LogP contribution in [0.4, 0.5) is 19.0 Å². The Morgan fingerprint density at radius 3 is 2.35 bits per heavy atom. The topological polar surface area (TPSA) is 29.0 Å². The van der Waals surface area contributed by atoms with E-state index in [1.807, 2.05) is 0 Å². The lowest BCUT2D eigenvalue weighted by molar-refractivity contribution is -0.120. The average molecular weight is 268 g/mol. The first-order valence-electron chi connectivity index (χ1n) is 5.03. The molecule has 0 saturated carbocycles. The van der Waals surface area contributed by atoms with Gasteiger partial charge in [-0.25, -0.2) is 9.97 Å². The average Bonchev–Trinajstić information content (AvgIpc) is 2.10. The Morgan fingerprint density at radius 1 is 1.35 bits per heavy atom. The standard InChI is InChI=1S/C10H13ClF3N3/c1-6(2)17(5-10(12,13)14)9-4-8(11)15-7(3)16-9/h4,6H,5H2,1-3H3. The fourth-order valence-electron chi connectivity index (χ4n) is 1.38. The van der Waals surface area contributed by atoms with Crippen molar-refractivity contribution in [2.75, 3.05) is 11.4 Å². The van der Waals surface area contributed by atoms with Gasteiger partial charge in [-0.1, -0.05) is 11.6 Å². The maximum atomic E-state index is 12.4. The van der Waals surface area contributed by atoms with Crippen LogP contribution in [0.2, 0.25) is 5.15 Å². The number of aryl methyl sites for hydroxylation is 1. The van der Waals surface area contributed by atoms with Crippen molar-refractivity contribution in [2.45, 2.75) is 33.0 Å². The minimum atomic E-state index is -4.28. The third-order valence-corrected chi connectivity index (χ3v) is 2.25. The zero-order valence-corrected chi connectivity index (χ0v) is 10.5. The highest BCUT2D eigenvalue weighted by Gasteiger charge is 2.32. The number of hydrogen-bond acceptors (Lipinski definition) is 3. The molecule has 0 unspecified atom stereocenters. The predicted octanol–water partition coefficient (Wildman–Crippen LogP) is 3.22. The van der Waals surface area contributed by atoms with Crippen molar-refractivity contribution in [1.82, 2.24) is 9.97 Å². The summed E-state index contributed by atoms with van der Waals surface area (Å²) < 4.78 is 37.3. The normalized spacial score (nSPS) is 12.0. The molecule has 0 bridgehead atoms. The molecular weight excluding hydrogens is 255 g/mol. The lowest BCUT2D eigenvalue weighted by Gasteiger charge is -2.28. The second kappa shape index (κ2) is 5.08. The van der Waals surface area contributed by atoms with Crippen LogP contribution >= 0.6 is 11.6 Å². The summed E-state index contributed by atoms with van der Waals surface area (Å²) in [6, 6.07) is 1.00. The Labute approximate surface area is 103 Å². The Bertz CT molecular complexity index is 373. The van der Waals surface area contributed by atoms with Crippen LogP contribution in [0.5, 0.6) is 0 Å². The van der Waals surface area contributed by atoms with Crippen LogP contribution in [-0.2, 0) is 0 Å². The number of nitrogens with zero attached hydrogens (tertiary/aromatic N) is 3. The smallest absolute Gasteiger partial charge is 0.345 e. The summed E-state index contributed by atoms with van der Waals surface area (Å²) in [5.74, 6) is 0.537. The summed E-state index contributed by atoms with van der Waals surface area (Å²) in [5, 5.41) is 0.139. The summed E-state index contributed by atoms with van der Waals surface area (Å²) in [5.41, 5.74) is 0. The number of alkyl halides is 3. The molecule has 0 amide bonds. The molecule has 1 rings (SSSR count). The molecule has 0 atom stereocenters. The van der Waals surface area contributed by atoms with Crippen molar-refractivity contribution in [1.29, 1.82) is 0 Å². The van der Waals surface area contributed by atoms with E-state index in [1.54, 1.807) is 20.8 Å². The first-order valence-corrected chi connectivity index (χ1v) is 5.41. The van der Waals surface area contributed by atoms with Gasteiger partial charge in [-0.05, 0) is 20.8 Å². The van der Waals surface area contributed by atoms with E-state index in [2.05, 4.69) is 9.97 Å². The van der Waals surface area contributed by atoms with Gasteiger partial charge in [0.15, 0.2) is 0 Å². The summed E-state index contributed by atoms with van der Waals surface area (Å²) >= 11 is 5.71. The van der Waals surface area contributed by atoms with Crippen LogP contribution < -0.4 is 4.90 Å². The van der Waals surface area contributed by atoms with E-state index >= 15 is 0 Å². The van der Waals surface area contributed by atoms with E-state index < -0.39 is 12.7 Å². The van der Waals surface area contributed by atoms with Crippen molar-refractivity contribution >= 4 is 17.4 Å². The van der Waals surface area contributed by atoms with Gasteiger partial charge < -0.3 is 4.90 Å². The highest BCUT2D eigenvalue weighted by Crippen LogP contribution is 2.24. The first-order chi connectivity index (χ1) is 7.69.